The van der Waals surface area contributed by atoms with Crippen molar-refractivity contribution in [3.63, 3.8) is 0 Å². The number of rotatable bonds is 17. The lowest BCUT2D eigenvalue weighted by Crippen LogP contribution is -2.37. The van der Waals surface area contributed by atoms with E-state index in [1.165, 1.54) is 90.1 Å². The zero-order valence-corrected chi connectivity index (χ0v) is 23.3. The third-order valence-electron chi connectivity index (χ3n) is 6.88. The van der Waals surface area contributed by atoms with E-state index in [0.29, 0.717) is 0 Å². The molecule has 1 unspecified atom stereocenters. The molecule has 0 aliphatic carbocycles. The number of anilines is 1. The first kappa shape index (κ1) is 30.0. The van der Waals surface area contributed by atoms with Crippen molar-refractivity contribution in [2.24, 2.45) is 0 Å². The van der Waals surface area contributed by atoms with Gasteiger partial charge in [0.15, 0.2) is 0 Å². The van der Waals surface area contributed by atoms with Gasteiger partial charge in [-0.05, 0) is 63.0 Å². The molecule has 1 amide bonds. The van der Waals surface area contributed by atoms with Crippen molar-refractivity contribution < 1.29 is 4.79 Å². The molecule has 0 aromatic heterocycles. The molecule has 190 valence electrons. The average molecular weight is 525 g/mol. The van der Waals surface area contributed by atoms with Gasteiger partial charge in [0.05, 0.1) is 0 Å². The number of benzene rings is 1. The highest BCUT2D eigenvalue weighted by Crippen LogP contribution is 2.16. The molecule has 1 aromatic rings. The molecule has 0 bridgehead atoms. The lowest BCUT2D eigenvalue weighted by molar-refractivity contribution is 0.0929. The second-order valence-electron chi connectivity index (χ2n) is 9.92. The minimum absolute atomic E-state index is 0. The predicted molar refractivity (Wildman–Crippen MR) is 149 cm³/mol. The minimum Gasteiger partial charge on any atom is -0.378 e. The number of unbranched alkanes of at least 4 members (excludes halogenated alkanes) is 9. The van der Waals surface area contributed by atoms with E-state index in [0.717, 1.165) is 30.6 Å². The number of nitrogens with one attached hydrogen (secondary N) is 1. The molecule has 4 nitrogen and oxygen atoms in total. The molecule has 1 saturated heterocycles. The van der Waals surface area contributed by atoms with E-state index < -0.39 is 0 Å². The van der Waals surface area contributed by atoms with Crippen molar-refractivity contribution in [1.82, 2.24) is 10.2 Å². The van der Waals surface area contributed by atoms with Gasteiger partial charge < -0.3 is 15.1 Å². The van der Waals surface area contributed by atoms with E-state index in [4.69, 9.17) is 0 Å². The largest absolute Gasteiger partial charge is 0.378 e. The average Bonchev–Trinajstić information content (AvgIpc) is 3.32. The van der Waals surface area contributed by atoms with Gasteiger partial charge >= 0.3 is 0 Å². The second-order valence-corrected chi connectivity index (χ2v) is 9.92. The Morgan fingerprint density at radius 1 is 0.879 bits per heavy atom. The molecule has 0 radical (unpaired) electrons. The maximum atomic E-state index is 12.9. The lowest BCUT2D eigenvalue weighted by atomic mass is 10.0. The maximum absolute atomic E-state index is 12.9. The van der Waals surface area contributed by atoms with E-state index in [9.17, 15) is 4.79 Å². The highest BCUT2D eigenvalue weighted by atomic mass is 79.9. The number of hydrogen-bond donors (Lipinski definition) is 1. The Hall–Kier alpha value is -1.07. The van der Waals surface area contributed by atoms with Crippen molar-refractivity contribution in [3.8, 4) is 0 Å². The molecule has 1 heterocycles. The van der Waals surface area contributed by atoms with Crippen molar-refractivity contribution >= 4 is 28.6 Å². The smallest absolute Gasteiger partial charge is 0.251 e. The van der Waals surface area contributed by atoms with Gasteiger partial charge in [0.25, 0.3) is 5.91 Å². The summed E-state index contributed by atoms with van der Waals surface area (Å²) in [5.41, 5.74) is 1.89. The zero-order valence-electron chi connectivity index (χ0n) is 21.6. The molecule has 33 heavy (non-hydrogen) atoms. The lowest BCUT2D eigenvalue weighted by Gasteiger charge is -2.22. The molecule has 5 heteroatoms. The van der Waals surface area contributed by atoms with Crippen LogP contribution in [0.5, 0.6) is 0 Å². The normalized spacial score (nSPS) is 14.6. The Morgan fingerprint density at radius 2 is 1.42 bits per heavy atom. The first-order valence-corrected chi connectivity index (χ1v) is 13.4. The summed E-state index contributed by atoms with van der Waals surface area (Å²) < 4.78 is 0. The van der Waals surface area contributed by atoms with Gasteiger partial charge in [-0.15, -0.1) is 17.0 Å². The van der Waals surface area contributed by atoms with Gasteiger partial charge in [-0.2, -0.15) is 0 Å². The van der Waals surface area contributed by atoms with Gasteiger partial charge in [0.2, 0.25) is 0 Å². The van der Waals surface area contributed by atoms with Crippen LogP contribution in [0.4, 0.5) is 5.69 Å². The van der Waals surface area contributed by atoms with Gasteiger partial charge in [0.1, 0.15) is 0 Å². The fourth-order valence-electron chi connectivity index (χ4n) is 4.69. The SMILES string of the molecule is Br.CCCCCCCCCCCCC(CCN1CCCC1)NC(=O)c1ccc(N(C)C)cc1. The van der Waals surface area contributed by atoms with Crippen molar-refractivity contribution in [2.75, 3.05) is 38.6 Å². The highest BCUT2D eigenvalue weighted by Gasteiger charge is 2.17. The number of halogens is 1. The quantitative estimate of drug-likeness (QED) is 0.219. The van der Waals surface area contributed by atoms with Crippen LogP contribution in [0.15, 0.2) is 24.3 Å². The van der Waals surface area contributed by atoms with Crippen molar-refractivity contribution in [3.05, 3.63) is 29.8 Å². The molecule has 1 fully saturated rings. The van der Waals surface area contributed by atoms with E-state index in [1.54, 1.807) is 0 Å². The van der Waals surface area contributed by atoms with Crippen LogP contribution in [-0.4, -0.2) is 50.6 Å². The third-order valence-corrected chi connectivity index (χ3v) is 6.88. The summed E-state index contributed by atoms with van der Waals surface area (Å²) in [7, 11) is 4.05. The maximum Gasteiger partial charge on any atom is 0.251 e. The van der Waals surface area contributed by atoms with Gasteiger partial charge in [-0.3, -0.25) is 4.79 Å². The number of carbonyl (C=O) groups is 1. The van der Waals surface area contributed by atoms with Gasteiger partial charge in [-0.25, -0.2) is 0 Å². The Morgan fingerprint density at radius 3 is 1.97 bits per heavy atom. The summed E-state index contributed by atoms with van der Waals surface area (Å²) in [6.45, 7) is 5.85. The number of hydrogen-bond acceptors (Lipinski definition) is 3. The third kappa shape index (κ3) is 12.8. The molecule has 0 spiro atoms. The number of nitrogens with zero attached hydrogens (tertiary/aromatic N) is 2. The first-order chi connectivity index (χ1) is 15.6. The second kappa shape index (κ2) is 18.3. The van der Waals surface area contributed by atoms with Crippen molar-refractivity contribution in [2.45, 2.75) is 103 Å². The van der Waals surface area contributed by atoms with Crippen LogP contribution in [0.3, 0.4) is 0 Å². The molecule has 1 aliphatic rings. The summed E-state index contributed by atoms with van der Waals surface area (Å²) >= 11 is 0. The van der Waals surface area contributed by atoms with Crippen molar-refractivity contribution in [1.29, 1.82) is 0 Å². The first-order valence-electron chi connectivity index (χ1n) is 13.4. The molecule has 1 atom stereocenters. The fraction of sp³-hybridized carbons (Fsp3) is 0.750. The highest BCUT2D eigenvalue weighted by molar-refractivity contribution is 8.93. The zero-order chi connectivity index (χ0) is 23.0. The van der Waals surface area contributed by atoms with Gasteiger partial charge in [0, 0.05) is 37.9 Å². The summed E-state index contributed by atoms with van der Waals surface area (Å²) in [5, 5.41) is 3.36. The Balaban J connectivity index is 0.00000544. The Labute approximate surface area is 214 Å². The van der Waals surface area contributed by atoms with E-state index in [1.807, 2.05) is 38.4 Å². The Bertz CT molecular complexity index is 614. The minimum atomic E-state index is 0. The van der Waals surface area contributed by atoms with E-state index in [-0.39, 0.29) is 28.9 Å². The molecular formula is C28H50BrN3O. The number of carbonyl (C=O) groups excluding carboxylic acids is 1. The van der Waals surface area contributed by atoms with Crippen LogP contribution >= 0.6 is 17.0 Å². The summed E-state index contributed by atoms with van der Waals surface area (Å²) in [4.78, 5) is 17.5. The van der Waals surface area contributed by atoms with E-state index in [2.05, 4.69) is 22.0 Å². The fourth-order valence-corrected chi connectivity index (χ4v) is 4.69. The molecule has 0 saturated carbocycles. The van der Waals surface area contributed by atoms with Crippen LogP contribution in [-0.2, 0) is 0 Å². The standard InChI is InChI=1S/C28H49N3O.BrH/c1-4-5-6-7-8-9-10-11-12-13-16-26(21-24-31-22-14-15-23-31)29-28(32)25-17-19-27(20-18-25)30(2)3;/h17-20,26H,4-16,21-24H2,1-3H3,(H,29,32);1H. The monoisotopic (exact) mass is 523 g/mol. The van der Waals surface area contributed by atoms with Crippen LogP contribution in [0.2, 0.25) is 0 Å². The van der Waals surface area contributed by atoms with Crippen LogP contribution in [0.1, 0.15) is 107 Å². The molecule has 2 rings (SSSR count). The molecule has 1 aromatic carbocycles. The summed E-state index contributed by atoms with van der Waals surface area (Å²) in [5.74, 6) is 0.0776. The number of likely N-dealkylation sites (tertiary alicyclic amines) is 1. The molecular weight excluding hydrogens is 474 g/mol. The molecule has 1 N–H and O–H groups in total. The van der Waals surface area contributed by atoms with Crippen LogP contribution in [0, 0.1) is 0 Å². The van der Waals surface area contributed by atoms with Gasteiger partial charge in [-0.1, -0.05) is 71.1 Å². The number of amides is 1. The topological polar surface area (TPSA) is 35.6 Å². The van der Waals surface area contributed by atoms with Crippen LogP contribution in [0.25, 0.3) is 0 Å². The Kier molecular flexibility index (Phi) is 16.6. The summed E-state index contributed by atoms with van der Waals surface area (Å²) in [6, 6.07) is 8.23. The van der Waals surface area contributed by atoms with Crippen LogP contribution < -0.4 is 10.2 Å². The molecule has 1 aliphatic heterocycles. The predicted octanol–water partition coefficient (Wildman–Crippen LogP) is 7.23. The van der Waals surface area contributed by atoms with E-state index >= 15 is 0 Å². The summed E-state index contributed by atoms with van der Waals surface area (Å²) in [6.07, 6.45) is 18.4.